The molecule has 0 unspecified atom stereocenters. The Morgan fingerprint density at radius 1 is 1.15 bits per heavy atom. The summed E-state index contributed by atoms with van der Waals surface area (Å²) in [6, 6.07) is 9.91. The van der Waals surface area contributed by atoms with E-state index in [0.717, 1.165) is 11.8 Å². The average Bonchev–Trinajstić information content (AvgIpc) is 2.62. The first-order chi connectivity index (χ1) is 12.9. The average molecular weight is 410 g/mol. The van der Waals surface area contributed by atoms with E-state index in [0.29, 0.717) is 27.2 Å². The summed E-state index contributed by atoms with van der Waals surface area (Å²) < 4.78 is 5.12. The van der Waals surface area contributed by atoms with Crippen LogP contribution in [0.1, 0.15) is 5.56 Å². The lowest BCUT2D eigenvalue weighted by Crippen LogP contribution is -2.18. The number of carbonyl (C=O) groups is 2. The molecule has 0 aliphatic rings. The first-order valence-electron chi connectivity index (χ1n) is 7.75. The molecular weight excluding hydrogens is 393 g/mol. The van der Waals surface area contributed by atoms with Gasteiger partial charge in [0.1, 0.15) is 12.0 Å². The molecule has 2 aromatic rings. The van der Waals surface area contributed by atoms with Gasteiger partial charge in [0, 0.05) is 15.7 Å². The third-order valence-electron chi connectivity index (χ3n) is 3.32. The van der Waals surface area contributed by atoms with Crippen LogP contribution in [0.25, 0.3) is 0 Å². The second-order valence-electron chi connectivity index (χ2n) is 5.35. The van der Waals surface area contributed by atoms with Gasteiger partial charge in [0.25, 0.3) is 11.8 Å². The largest absolute Gasteiger partial charge is 0.495 e. The Balaban J connectivity index is 1.81. The van der Waals surface area contributed by atoms with E-state index in [-0.39, 0.29) is 6.61 Å². The second kappa shape index (κ2) is 9.80. The molecule has 9 heteroatoms. The number of benzene rings is 2. The number of amides is 2. The highest BCUT2D eigenvalue weighted by atomic mass is 35.5. The Labute approximate surface area is 166 Å². The number of nitrogens with one attached hydrogen (secondary N) is 2. The van der Waals surface area contributed by atoms with Gasteiger partial charge in [-0.2, -0.15) is 0 Å². The number of methoxy groups -OCH3 is 1. The van der Waals surface area contributed by atoms with Crippen molar-refractivity contribution in [1.29, 1.82) is 0 Å². The first kappa shape index (κ1) is 20.5. The molecule has 0 aliphatic heterocycles. The minimum Gasteiger partial charge on any atom is -0.495 e. The third kappa shape index (κ3) is 6.47. The van der Waals surface area contributed by atoms with Crippen LogP contribution < -0.4 is 15.4 Å². The second-order valence-corrected chi connectivity index (χ2v) is 6.20. The van der Waals surface area contributed by atoms with Crippen LogP contribution in [0.3, 0.4) is 0 Å². The van der Waals surface area contributed by atoms with Crippen molar-refractivity contribution in [3.8, 4) is 5.75 Å². The fourth-order valence-electron chi connectivity index (χ4n) is 1.99. The van der Waals surface area contributed by atoms with Crippen LogP contribution in [0.5, 0.6) is 5.75 Å². The highest BCUT2D eigenvalue weighted by Crippen LogP contribution is 2.27. The zero-order chi connectivity index (χ0) is 19.8. The molecule has 0 saturated heterocycles. The maximum absolute atomic E-state index is 11.8. The lowest BCUT2D eigenvalue weighted by molar-refractivity contribution is -0.120. The van der Waals surface area contributed by atoms with Crippen LogP contribution in [-0.4, -0.2) is 31.7 Å². The minimum absolute atomic E-state index is 0.365. The van der Waals surface area contributed by atoms with E-state index in [1.807, 2.05) is 6.92 Å². The smallest absolute Gasteiger partial charge is 0.270 e. The maximum atomic E-state index is 11.8. The molecule has 0 bridgehead atoms. The number of ether oxygens (including phenoxy) is 1. The Kier molecular flexibility index (Phi) is 7.45. The van der Waals surface area contributed by atoms with Crippen molar-refractivity contribution in [1.82, 2.24) is 0 Å². The van der Waals surface area contributed by atoms with Crippen molar-refractivity contribution in [2.24, 2.45) is 5.16 Å². The van der Waals surface area contributed by atoms with Gasteiger partial charge in [-0.05, 0) is 42.8 Å². The predicted molar refractivity (Wildman–Crippen MR) is 106 cm³/mol. The fraction of sp³-hybridized carbons (Fsp3) is 0.167. The highest BCUT2D eigenvalue weighted by Gasteiger charge is 2.07. The van der Waals surface area contributed by atoms with Crippen molar-refractivity contribution in [3.05, 3.63) is 52.0 Å². The molecule has 0 fully saturated rings. The van der Waals surface area contributed by atoms with E-state index in [2.05, 4.69) is 15.8 Å². The number of rotatable bonds is 7. The minimum atomic E-state index is -0.568. The standard InChI is InChI=1S/C18H17Cl2N3O4/c1-11-3-5-13(8-14(11)20)22-18(25)10-27-21-9-17(24)23-15-7-12(19)4-6-16(15)26-2/h3-9H,10H2,1-2H3,(H,22,25)(H,23,24)/b21-9-. The van der Waals surface area contributed by atoms with Crippen molar-refractivity contribution in [3.63, 3.8) is 0 Å². The number of nitrogens with zero attached hydrogens (tertiary/aromatic N) is 1. The predicted octanol–water partition coefficient (Wildman–Crippen LogP) is 3.89. The van der Waals surface area contributed by atoms with Crippen LogP contribution in [0.2, 0.25) is 10.0 Å². The molecule has 0 atom stereocenters. The van der Waals surface area contributed by atoms with Gasteiger partial charge in [0.05, 0.1) is 12.8 Å². The maximum Gasteiger partial charge on any atom is 0.270 e. The van der Waals surface area contributed by atoms with E-state index >= 15 is 0 Å². The van der Waals surface area contributed by atoms with Gasteiger partial charge < -0.3 is 20.2 Å². The number of oxime groups is 1. The molecule has 142 valence electrons. The number of carbonyl (C=O) groups excluding carboxylic acids is 2. The molecule has 2 amide bonds. The van der Waals surface area contributed by atoms with Gasteiger partial charge in [0.2, 0.25) is 0 Å². The van der Waals surface area contributed by atoms with Crippen LogP contribution >= 0.6 is 23.2 Å². The summed E-state index contributed by atoms with van der Waals surface area (Å²) in [4.78, 5) is 28.4. The number of halogens is 2. The zero-order valence-electron chi connectivity index (χ0n) is 14.6. The lowest BCUT2D eigenvalue weighted by Gasteiger charge is -2.08. The summed E-state index contributed by atoms with van der Waals surface area (Å²) in [6.07, 6.45) is 0.899. The van der Waals surface area contributed by atoms with Gasteiger partial charge in [0.15, 0.2) is 6.61 Å². The molecule has 0 saturated carbocycles. The van der Waals surface area contributed by atoms with Gasteiger partial charge in [-0.3, -0.25) is 9.59 Å². The van der Waals surface area contributed by atoms with Gasteiger partial charge >= 0.3 is 0 Å². The monoisotopic (exact) mass is 409 g/mol. The molecular formula is C18H17Cl2N3O4. The topological polar surface area (TPSA) is 89.0 Å². The Bertz CT molecular complexity index is 872. The molecule has 2 N–H and O–H groups in total. The SMILES string of the molecule is COc1ccc(Cl)cc1NC(=O)/C=N\OCC(=O)Nc1ccc(C)c(Cl)c1. The van der Waals surface area contributed by atoms with Crippen LogP contribution in [0.15, 0.2) is 41.6 Å². The number of anilines is 2. The number of hydrogen-bond donors (Lipinski definition) is 2. The summed E-state index contributed by atoms with van der Waals surface area (Å²) in [6.45, 7) is 1.49. The summed E-state index contributed by atoms with van der Waals surface area (Å²) in [5.74, 6) is -0.566. The molecule has 2 rings (SSSR count). The molecule has 7 nitrogen and oxygen atoms in total. The summed E-state index contributed by atoms with van der Waals surface area (Å²) in [5.41, 5.74) is 1.82. The Morgan fingerprint density at radius 3 is 2.63 bits per heavy atom. The van der Waals surface area contributed by atoms with Crippen molar-refractivity contribution in [2.75, 3.05) is 24.4 Å². The number of aryl methyl sites for hydroxylation is 1. The molecule has 27 heavy (non-hydrogen) atoms. The van der Waals surface area contributed by atoms with Crippen molar-refractivity contribution < 1.29 is 19.2 Å². The third-order valence-corrected chi connectivity index (χ3v) is 3.96. The van der Waals surface area contributed by atoms with E-state index in [1.165, 1.54) is 13.2 Å². The van der Waals surface area contributed by atoms with E-state index < -0.39 is 11.8 Å². The molecule has 0 aliphatic carbocycles. The van der Waals surface area contributed by atoms with Crippen LogP contribution in [0.4, 0.5) is 11.4 Å². The number of hydrogen-bond acceptors (Lipinski definition) is 5. The molecule has 0 aromatic heterocycles. The normalized spacial score (nSPS) is 10.5. The van der Waals surface area contributed by atoms with E-state index in [1.54, 1.807) is 30.3 Å². The van der Waals surface area contributed by atoms with Crippen molar-refractivity contribution in [2.45, 2.75) is 6.92 Å². The lowest BCUT2D eigenvalue weighted by atomic mass is 10.2. The summed E-state index contributed by atoms with van der Waals surface area (Å²) in [7, 11) is 1.47. The van der Waals surface area contributed by atoms with Gasteiger partial charge in [-0.15, -0.1) is 0 Å². The first-order valence-corrected chi connectivity index (χ1v) is 8.50. The van der Waals surface area contributed by atoms with Crippen LogP contribution in [0, 0.1) is 6.92 Å². The Hall–Kier alpha value is -2.77. The molecule has 0 spiro atoms. The molecule has 0 heterocycles. The molecule has 2 aromatic carbocycles. The van der Waals surface area contributed by atoms with Crippen molar-refractivity contribution >= 4 is 52.6 Å². The van der Waals surface area contributed by atoms with E-state index in [9.17, 15) is 9.59 Å². The zero-order valence-corrected chi connectivity index (χ0v) is 16.1. The van der Waals surface area contributed by atoms with Gasteiger partial charge in [-0.25, -0.2) is 0 Å². The molecule has 0 radical (unpaired) electrons. The summed E-state index contributed by atoms with van der Waals surface area (Å²) >= 11 is 11.9. The van der Waals surface area contributed by atoms with E-state index in [4.69, 9.17) is 32.8 Å². The van der Waals surface area contributed by atoms with Gasteiger partial charge in [-0.1, -0.05) is 34.4 Å². The fourth-order valence-corrected chi connectivity index (χ4v) is 2.34. The highest BCUT2D eigenvalue weighted by molar-refractivity contribution is 6.33. The van der Waals surface area contributed by atoms with Crippen LogP contribution in [-0.2, 0) is 14.4 Å². The summed E-state index contributed by atoms with van der Waals surface area (Å²) in [5, 5.41) is 9.59. The Morgan fingerprint density at radius 2 is 1.93 bits per heavy atom. The quantitative estimate of drug-likeness (QED) is 0.536.